The minimum atomic E-state index is -0.563. The summed E-state index contributed by atoms with van der Waals surface area (Å²) in [6, 6.07) is 12.6. The van der Waals surface area contributed by atoms with Gasteiger partial charge in [-0.3, -0.25) is 9.59 Å². The number of thioether (sulfide) groups is 1. The van der Waals surface area contributed by atoms with Gasteiger partial charge in [0.25, 0.3) is 5.89 Å². The van der Waals surface area contributed by atoms with Gasteiger partial charge in [0.2, 0.25) is 11.7 Å². The fourth-order valence-electron chi connectivity index (χ4n) is 2.99. The lowest BCUT2D eigenvalue weighted by atomic mass is 10.2. The number of carbonyl (C=O) groups is 2. The standard InChI is InChI=1S/C21H19N3O6S/c1-27-14-8-7-12(9-15(14)28-2)20-23-18(30-24-20)11-29-19(25)10-17-21(26)22-13-5-3-4-6-16(13)31-17/h3-9,17H,10-11H2,1-2H3,(H,22,26)/t17-/m0/s1. The summed E-state index contributed by atoms with van der Waals surface area (Å²) in [6.45, 7) is -0.186. The molecule has 31 heavy (non-hydrogen) atoms. The summed E-state index contributed by atoms with van der Waals surface area (Å²) in [5.41, 5.74) is 1.41. The maximum absolute atomic E-state index is 12.2. The summed E-state index contributed by atoms with van der Waals surface area (Å²) >= 11 is 1.34. The summed E-state index contributed by atoms with van der Waals surface area (Å²) in [7, 11) is 3.08. The summed E-state index contributed by atoms with van der Waals surface area (Å²) in [5, 5.41) is 6.14. The van der Waals surface area contributed by atoms with Crippen LogP contribution in [0.1, 0.15) is 12.3 Å². The highest BCUT2D eigenvalue weighted by Crippen LogP contribution is 2.36. The number of aromatic nitrogens is 2. The Morgan fingerprint density at radius 2 is 1.97 bits per heavy atom. The van der Waals surface area contributed by atoms with Gasteiger partial charge in [0, 0.05) is 10.5 Å². The predicted molar refractivity (Wildman–Crippen MR) is 112 cm³/mol. The molecule has 0 fully saturated rings. The van der Waals surface area contributed by atoms with Gasteiger partial charge in [0.05, 0.1) is 31.6 Å². The van der Waals surface area contributed by atoms with Crippen LogP contribution in [0.5, 0.6) is 11.5 Å². The molecule has 2 heterocycles. The number of hydrogen-bond acceptors (Lipinski definition) is 9. The number of fused-ring (bicyclic) bond motifs is 1. The smallest absolute Gasteiger partial charge is 0.307 e. The zero-order valence-electron chi connectivity index (χ0n) is 16.8. The van der Waals surface area contributed by atoms with E-state index in [9.17, 15) is 9.59 Å². The molecule has 0 saturated carbocycles. The number of carbonyl (C=O) groups excluding carboxylic acids is 2. The minimum absolute atomic E-state index is 0.0679. The second-order valence-electron chi connectivity index (χ2n) is 6.54. The molecule has 4 rings (SSSR count). The number of para-hydroxylation sites is 1. The molecule has 9 nitrogen and oxygen atoms in total. The lowest BCUT2D eigenvalue weighted by Crippen LogP contribution is -2.31. The first-order chi connectivity index (χ1) is 15.1. The number of methoxy groups -OCH3 is 2. The van der Waals surface area contributed by atoms with Crippen molar-refractivity contribution in [2.24, 2.45) is 0 Å². The molecule has 1 N–H and O–H groups in total. The molecule has 3 aromatic rings. The lowest BCUT2D eigenvalue weighted by molar-refractivity contribution is -0.146. The Kier molecular flexibility index (Phi) is 6.08. The molecular formula is C21H19N3O6S. The molecule has 0 bridgehead atoms. The van der Waals surface area contributed by atoms with Crippen LogP contribution in [0.25, 0.3) is 11.4 Å². The molecule has 0 spiro atoms. The fourth-order valence-corrected chi connectivity index (χ4v) is 4.08. The second kappa shape index (κ2) is 9.09. The van der Waals surface area contributed by atoms with E-state index in [1.807, 2.05) is 24.3 Å². The molecule has 2 aromatic carbocycles. The third kappa shape index (κ3) is 4.64. The van der Waals surface area contributed by atoms with Gasteiger partial charge in [-0.25, -0.2) is 0 Å². The molecule has 0 unspecified atom stereocenters. The number of anilines is 1. The van der Waals surface area contributed by atoms with Crippen molar-refractivity contribution in [1.29, 1.82) is 0 Å². The van der Waals surface area contributed by atoms with E-state index in [2.05, 4.69) is 15.5 Å². The van der Waals surface area contributed by atoms with Gasteiger partial charge in [-0.05, 0) is 30.3 Å². The number of amides is 1. The van der Waals surface area contributed by atoms with E-state index in [0.717, 1.165) is 10.6 Å². The Hall–Kier alpha value is -3.53. The van der Waals surface area contributed by atoms with Crippen LogP contribution in [-0.2, 0) is 20.9 Å². The number of hydrogen-bond donors (Lipinski definition) is 1. The van der Waals surface area contributed by atoms with E-state index in [-0.39, 0.29) is 24.8 Å². The number of esters is 1. The van der Waals surface area contributed by atoms with Crippen molar-refractivity contribution in [3.63, 3.8) is 0 Å². The van der Waals surface area contributed by atoms with Crippen LogP contribution in [0.15, 0.2) is 51.9 Å². The molecule has 0 radical (unpaired) electrons. The van der Waals surface area contributed by atoms with Crippen molar-refractivity contribution in [2.45, 2.75) is 23.2 Å². The molecule has 0 saturated heterocycles. The third-order valence-corrected chi connectivity index (χ3v) is 5.80. The van der Waals surface area contributed by atoms with Crippen molar-refractivity contribution in [1.82, 2.24) is 10.1 Å². The van der Waals surface area contributed by atoms with E-state index < -0.39 is 11.2 Å². The van der Waals surface area contributed by atoms with Crippen molar-refractivity contribution in [2.75, 3.05) is 19.5 Å². The summed E-state index contributed by atoms with van der Waals surface area (Å²) < 4.78 is 20.9. The molecule has 1 aliphatic rings. The molecule has 1 aliphatic heterocycles. The molecule has 1 atom stereocenters. The monoisotopic (exact) mass is 441 g/mol. The van der Waals surface area contributed by atoms with Gasteiger partial charge < -0.3 is 24.1 Å². The van der Waals surface area contributed by atoms with Crippen LogP contribution in [0, 0.1) is 0 Å². The van der Waals surface area contributed by atoms with Gasteiger partial charge in [-0.15, -0.1) is 11.8 Å². The van der Waals surface area contributed by atoms with Gasteiger partial charge in [0.15, 0.2) is 18.1 Å². The van der Waals surface area contributed by atoms with E-state index in [1.165, 1.54) is 18.9 Å². The highest BCUT2D eigenvalue weighted by molar-refractivity contribution is 8.01. The molecule has 1 aromatic heterocycles. The quantitative estimate of drug-likeness (QED) is 0.552. The first-order valence-electron chi connectivity index (χ1n) is 9.34. The Labute approximate surface area is 182 Å². The van der Waals surface area contributed by atoms with Gasteiger partial charge in [0.1, 0.15) is 0 Å². The van der Waals surface area contributed by atoms with Crippen LogP contribution < -0.4 is 14.8 Å². The number of nitrogens with zero attached hydrogens (tertiary/aromatic N) is 2. The van der Waals surface area contributed by atoms with Crippen LogP contribution in [0.4, 0.5) is 5.69 Å². The summed E-state index contributed by atoms with van der Waals surface area (Å²) in [5.74, 6) is 0.820. The maximum Gasteiger partial charge on any atom is 0.307 e. The summed E-state index contributed by atoms with van der Waals surface area (Å²) in [6.07, 6.45) is -0.0679. The van der Waals surface area contributed by atoms with Gasteiger partial charge in [-0.1, -0.05) is 17.3 Å². The Balaban J connectivity index is 1.35. The number of nitrogens with one attached hydrogen (secondary N) is 1. The third-order valence-electron chi connectivity index (χ3n) is 4.53. The maximum atomic E-state index is 12.2. The highest BCUT2D eigenvalue weighted by atomic mass is 32.2. The van der Waals surface area contributed by atoms with Crippen molar-refractivity contribution in [3.8, 4) is 22.9 Å². The van der Waals surface area contributed by atoms with Gasteiger partial charge in [-0.2, -0.15) is 4.98 Å². The normalized spacial score (nSPS) is 15.0. The van der Waals surface area contributed by atoms with E-state index >= 15 is 0 Å². The first-order valence-corrected chi connectivity index (χ1v) is 10.2. The van der Waals surface area contributed by atoms with Crippen molar-refractivity contribution in [3.05, 3.63) is 48.4 Å². The number of rotatable bonds is 7. The van der Waals surface area contributed by atoms with Crippen LogP contribution in [-0.4, -0.2) is 41.5 Å². The van der Waals surface area contributed by atoms with Crippen molar-refractivity contribution < 1.29 is 28.3 Å². The number of benzene rings is 2. The Bertz CT molecular complexity index is 1120. The summed E-state index contributed by atoms with van der Waals surface area (Å²) in [4.78, 5) is 29.6. The molecular weight excluding hydrogens is 422 g/mol. The largest absolute Gasteiger partial charge is 0.493 e. The fraction of sp³-hybridized carbons (Fsp3) is 0.238. The average molecular weight is 441 g/mol. The molecule has 10 heteroatoms. The highest BCUT2D eigenvalue weighted by Gasteiger charge is 2.29. The second-order valence-corrected chi connectivity index (χ2v) is 7.78. The molecule has 1 amide bonds. The number of ether oxygens (including phenoxy) is 3. The van der Waals surface area contributed by atoms with Crippen LogP contribution in [0.3, 0.4) is 0 Å². The van der Waals surface area contributed by atoms with E-state index in [4.69, 9.17) is 18.7 Å². The van der Waals surface area contributed by atoms with Gasteiger partial charge >= 0.3 is 5.97 Å². The van der Waals surface area contributed by atoms with Crippen LogP contribution in [0.2, 0.25) is 0 Å². The topological polar surface area (TPSA) is 113 Å². The minimum Gasteiger partial charge on any atom is -0.493 e. The Morgan fingerprint density at radius 3 is 2.77 bits per heavy atom. The average Bonchev–Trinajstić information content (AvgIpc) is 3.27. The van der Waals surface area contributed by atoms with Crippen molar-refractivity contribution >= 4 is 29.3 Å². The zero-order valence-corrected chi connectivity index (χ0v) is 17.6. The molecule has 160 valence electrons. The van der Waals surface area contributed by atoms with E-state index in [1.54, 1.807) is 25.3 Å². The molecule has 0 aliphatic carbocycles. The zero-order chi connectivity index (χ0) is 21.8. The lowest BCUT2D eigenvalue weighted by Gasteiger charge is -2.23. The predicted octanol–water partition coefficient (Wildman–Crippen LogP) is 3.30. The van der Waals surface area contributed by atoms with Crippen LogP contribution >= 0.6 is 11.8 Å². The SMILES string of the molecule is COc1ccc(-c2noc(COC(=O)C[C@@H]3Sc4ccccc4NC3=O)n2)cc1OC. The first kappa shape index (κ1) is 20.7. The Morgan fingerprint density at radius 1 is 1.16 bits per heavy atom. The van der Waals surface area contributed by atoms with E-state index in [0.29, 0.717) is 22.9 Å².